The van der Waals surface area contributed by atoms with Crippen LogP contribution in [0.3, 0.4) is 0 Å². The summed E-state index contributed by atoms with van der Waals surface area (Å²) < 4.78 is 41.8. The predicted molar refractivity (Wildman–Crippen MR) is 95.7 cm³/mol. The third kappa shape index (κ3) is 3.02. The zero-order chi connectivity index (χ0) is 18.8. The van der Waals surface area contributed by atoms with Gasteiger partial charge in [0.1, 0.15) is 23.2 Å². The minimum Gasteiger partial charge on any atom is -1.00 e. The normalized spacial score (nSPS) is 15.4. The molecule has 0 aliphatic carbocycles. The van der Waals surface area contributed by atoms with E-state index in [1.54, 1.807) is 0 Å². The van der Waals surface area contributed by atoms with E-state index >= 15 is 0 Å². The lowest BCUT2D eigenvalue weighted by atomic mass is 10.4. The monoisotopic (exact) mass is 375 g/mol. The predicted octanol–water partition coefficient (Wildman–Crippen LogP) is 1.00. The van der Waals surface area contributed by atoms with E-state index in [-0.39, 0.29) is 17.0 Å². The summed E-state index contributed by atoms with van der Waals surface area (Å²) in [6.07, 6.45) is -2.43. The van der Waals surface area contributed by atoms with Gasteiger partial charge < -0.3 is 17.0 Å². The molecule has 0 fully saturated rings. The molecule has 0 heterocycles. The third-order valence-corrected chi connectivity index (χ3v) is 7.15. The fourth-order valence-corrected chi connectivity index (χ4v) is 5.74. The summed E-state index contributed by atoms with van der Waals surface area (Å²) in [7, 11) is -3.11. The van der Waals surface area contributed by atoms with Crippen molar-refractivity contribution in [3.8, 4) is 0 Å². The Balaban J connectivity index is 0.00000261. The lowest BCUT2D eigenvalue weighted by molar-refractivity contribution is -0.00000409. The molecule has 0 bridgehead atoms. The molecule has 0 nitrogen and oxygen atoms in total. The van der Waals surface area contributed by atoms with Crippen LogP contribution in [0, 0.1) is 0 Å². The second-order valence-corrected chi connectivity index (χ2v) is 7.90. The fraction of sp³-hybridized carbons (Fsp3) is 0.100. The second kappa shape index (κ2) is 7.72. The van der Waals surface area contributed by atoms with Gasteiger partial charge in [0.15, 0.2) is 0 Å². The summed E-state index contributed by atoms with van der Waals surface area (Å²) in [5, 5.41) is 2.16. The van der Waals surface area contributed by atoms with Crippen LogP contribution in [0.1, 0.15) is 13.7 Å². The van der Waals surface area contributed by atoms with E-state index in [2.05, 4.69) is 0 Å². The highest BCUT2D eigenvalue weighted by Gasteiger charge is 2.43. The first-order valence-electron chi connectivity index (χ1n) is 9.38. The SMILES string of the molecule is [2H]C([2H])([2H])C([2H])([2H])[P+](c1ccccc1)(c1ccccc1)c1ccccc1.[Br-]. The van der Waals surface area contributed by atoms with Gasteiger partial charge in [-0.15, -0.1) is 0 Å². The van der Waals surface area contributed by atoms with Crippen molar-refractivity contribution in [2.45, 2.75) is 6.85 Å². The van der Waals surface area contributed by atoms with E-state index in [1.807, 2.05) is 91.0 Å². The highest BCUT2D eigenvalue weighted by Crippen LogP contribution is 2.54. The van der Waals surface area contributed by atoms with Crippen LogP contribution in [0.25, 0.3) is 0 Å². The molecule has 3 rings (SSSR count). The first-order valence-corrected chi connectivity index (χ1v) is 8.67. The first kappa shape index (κ1) is 11.2. The standard InChI is InChI=1S/C20H20P.BrH/c1-2-21(18-12-6-3-7-13-18,19-14-8-4-9-15-19)20-16-10-5-11-17-20;/h3-17H,2H2,1H3;1H/q+1;/p-1/i1D3,2D2;. The van der Waals surface area contributed by atoms with Crippen molar-refractivity contribution in [1.82, 2.24) is 0 Å². The van der Waals surface area contributed by atoms with E-state index < -0.39 is 20.2 Å². The molecular weight excluding hydrogens is 351 g/mol. The van der Waals surface area contributed by atoms with Crippen molar-refractivity contribution < 1.29 is 23.8 Å². The Kier molecular flexibility index (Phi) is 3.91. The fourth-order valence-electron chi connectivity index (χ4n) is 2.60. The minimum atomic E-state index is -3.11. The van der Waals surface area contributed by atoms with Crippen molar-refractivity contribution in [1.29, 1.82) is 0 Å². The Morgan fingerprint density at radius 1 is 0.682 bits per heavy atom. The van der Waals surface area contributed by atoms with E-state index in [4.69, 9.17) is 6.85 Å². The molecule has 0 aromatic heterocycles. The number of rotatable bonds is 4. The highest BCUT2D eigenvalue weighted by molar-refractivity contribution is 7.95. The summed E-state index contributed by atoms with van der Waals surface area (Å²) >= 11 is 0. The van der Waals surface area contributed by atoms with E-state index in [0.29, 0.717) is 0 Å². The Labute approximate surface area is 151 Å². The van der Waals surface area contributed by atoms with Gasteiger partial charge in [-0.05, 0) is 43.3 Å². The molecule has 22 heavy (non-hydrogen) atoms. The molecule has 3 aromatic rings. The van der Waals surface area contributed by atoms with Crippen molar-refractivity contribution in [2.24, 2.45) is 0 Å². The molecule has 0 saturated heterocycles. The zero-order valence-electron chi connectivity index (χ0n) is 17.0. The van der Waals surface area contributed by atoms with Gasteiger partial charge >= 0.3 is 0 Å². The topological polar surface area (TPSA) is 0 Å². The van der Waals surface area contributed by atoms with Crippen molar-refractivity contribution in [3.05, 3.63) is 91.0 Å². The Bertz CT molecular complexity index is 755. The Hall–Kier alpha value is -1.43. The number of hydrogen-bond donors (Lipinski definition) is 0. The average molecular weight is 376 g/mol. The Morgan fingerprint density at radius 2 is 1.00 bits per heavy atom. The molecule has 0 spiro atoms. The molecule has 0 radical (unpaired) electrons. The van der Waals surface area contributed by atoms with Gasteiger partial charge in [0, 0.05) is 4.11 Å². The molecule has 0 saturated carbocycles. The maximum atomic E-state index is 8.85. The number of benzene rings is 3. The molecule has 0 aliphatic heterocycles. The summed E-state index contributed by atoms with van der Waals surface area (Å²) in [4.78, 5) is 0. The Morgan fingerprint density at radius 3 is 1.27 bits per heavy atom. The van der Waals surface area contributed by atoms with Crippen molar-refractivity contribution >= 4 is 23.2 Å². The molecule has 112 valence electrons. The van der Waals surface area contributed by atoms with Crippen LogP contribution in [-0.2, 0) is 0 Å². The molecular formula is C20H20BrP. The van der Waals surface area contributed by atoms with Crippen molar-refractivity contribution in [3.63, 3.8) is 0 Å². The van der Waals surface area contributed by atoms with Gasteiger partial charge in [-0.3, -0.25) is 0 Å². The molecule has 0 unspecified atom stereocenters. The molecule has 0 N–H and O–H groups in total. The summed E-state index contributed by atoms with van der Waals surface area (Å²) in [6, 6.07) is 27.7. The van der Waals surface area contributed by atoms with Crippen LogP contribution >= 0.6 is 7.26 Å². The van der Waals surface area contributed by atoms with Gasteiger partial charge in [0.25, 0.3) is 0 Å². The second-order valence-electron chi connectivity index (χ2n) is 4.79. The maximum Gasteiger partial charge on any atom is 0.111 e. The molecule has 0 atom stereocenters. The van der Waals surface area contributed by atoms with E-state index in [9.17, 15) is 0 Å². The lowest BCUT2D eigenvalue weighted by Crippen LogP contribution is -3.00. The average Bonchev–Trinajstić information content (AvgIpc) is 2.64. The largest absolute Gasteiger partial charge is 1.00 e. The van der Waals surface area contributed by atoms with E-state index in [0.717, 1.165) is 15.9 Å². The third-order valence-electron chi connectivity index (χ3n) is 3.60. The highest BCUT2D eigenvalue weighted by atomic mass is 79.9. The van der Waals surface area contributed by atoms with E-state index in [1.165, 1.54) is 0 Å². The van der Waals surface area contributed by atoms with Gasteiger partial charge in [-0.1, -0.05) is 54.6 Å². The van der Waals surface area contributed by atoms with Crippen LogP contribution in [0.5, 0.6) is 0 Å². The molecule has 0 amide bonds. The number of halogens is 1. The summed E-state index contributed by atoms with van der Waals surface area (Å²) in [6.45, 7) is -2.78. The molecule has 3 aromatic carbocycles. The van der Waals surface area contributed by atoms with Gasteiger partial charge in [0.2, 0.25) is 0 Å². The molecule has 2 heteroatoms. The van der Waals surface area contributed by atoms with Crippen LogP contribution in [0.4, 0.5) is 0 Å². The minimum absolute atomic E-state index is 0. The van der Waals surface area contributed by atoms with Crippen LogP contribution in [0.15, 0.2) is 91.0 Å². The first-order chi connectivity index (χ1) is 12.3. The van der Waals surface area contributed by atoms with Crippen LogP contribution in [0.2, 0.25) is 0 Å². The van der Waals surface area contributed by atoms with Crippen LogP contribution < -0.4 is 32.9 Å². The lowest BCUT2D eigenvalue weighted by Gasteiger charge is -2.26. The number of hydrogen-bond acceptors (Lipinski definition) is 0. The maximum absolute atomic E-state index is 8.85. The smallest absolute Gasteiger partial charge is 0.111 e. The summed E-state index contributed by atoms with van der Waals surface area (Å²) in [5.41, 5.74) is 0. The van der Waals surface area contributed by atoms with Gasteiger partial charge in [0.05, 0.1) is 8.86 Å². The molecule has 0 aliphatic rings. The van der Waals surface area contributed by atoms with Gasteiger partial charge in [-0.25, -0.2) is 0 Å². The summed E-state index contributed by atoms with van der Waals surface area (Å²) in [5.74, 6) is 0. The quantitative estimate of drug-likeness (QED) is 0.597. The zero-order valence-corrected chi connectivity index (χ0v) is 14.5. The van der Waals surface area contributed by atoms with Crippen molar-refractivity contribution in [2.75, 3.05) is 6.11 Å². The van der Waals surface area contributed by atoms with Crippen LogP contribution in [-0.4, -0.2) is 6.11 Å². The van der Waals surface area contributed by atoms with Gasteiger partial charge in [-0.2, -0.15) is 0 Å².